The van der Waals surface area contributed by atoms with Gasteiger partial charge < -0.3 is 5.11 Å². The topological polar surface area (TPSA) is 74.7 Å². The quantitative estimate of drug-likeness (QED) is 0.786. The van der Waals surface area contributed by atoms with Gasteiger partial charge in [0.1, 0.15) is 9.77 Å². The highest BCUT2D eigenvalue weighted by molar-refractivity contribution is 9.11. The minimum absolute atomic E-state index is 0.0293. The van der Waals surface area contributed by atoms with Crippen molar-refractivity contribution in [2.24, 2.45) is 0 Å². The second-order valence-corrected chi connectivity index (χ2v) is 8.98. The number of halogens is 1. The van der Waals surface area contributed by atoms with Crippen LogP contribution >= 0.6 is 27.3 Å². The minimum atomic E-state index is -3.62. The maximum absolute atomic E-state index is 12.7. The lowest BCUT2D eigenvalue weighted by molar-refractivity contribution is 0.0702. The van der Waals surface area contributed by atoms with Gasteiger partial charge in [-0.1, -0.05) is 13.3 Å². The molecule has 0 unspecified atom stereocenters. The molecular weight excluding hydrogens is 366 g/mol. The molecule has 0 amide bonds. The van der Waals surface area contributed by atoms with Gasteiger partial charge in [0, 0.05) is 12.6 Å². The summed E-state index contributed by atoms with van der Waals surface area (Å²) >= 11 is 4.11. The number of carboxylic acids is 1. The van der Waals surface area contributed by atoms with Crippen molar-refractivity contribution in [2.45, 2.75) is 43.5 Å². The molecule has 1 aromatic rings. The van der Waals surface area contributed by atoms with Gasteiger partial charge in [-0.2, -0.15) is 4.31 Å². The summed E-state index contributed by atoms with van der Waals surface area (Å²) in [5.74, 6) is -1.11. The predicted molar refractivity (Wildman–Crippen MR) is 80.8 cm³/mol. The minimum Gasteiger partial charge on any atom is -0.477 e. The number of hydrogen-bond donors (Lipinski definition) is 1. The van der Waals surface area contributed by atoms with Crippen LogP contribution in [-0.2, 0) is 10.0 Å². The highest BCUT2D eigenvalue weighted by Crippen LogP contribution is 2.38. The van der Waals surface area contributed by atoms with E-state index in [1.165, 1.54) is 10.4 Å². The molecule has 1 N–H and O–H groups in total. The number of sulfonamides is 1. The summed E-state index contributed by atoms with van der Waals surface area (Å²) in [6.07, 6.45) is 3.50. The van der Waals surface area contributed by atoms with Crippen LogP contribution in [0.2, 0.25) is 0 Å². The first-order chi connectivity index (χ1) is 9.37. The third kappa shape index (κ3) is 3.24. The van der Waals surface area contributed by atoms with Crippen LogP contribution in [-0.4, -0.2) is 36.4 Å². The number of carbonyl (C=O) groups is 1. The fraction of sp³-hybridized carbons (Fsp3) is 0.583. The first-order valence-corrected chi connectivity index (χ1v) is 9.47. The van der Waals surface area contributed by atoms with Crippen LogP contribution in [0, 0.1) is 0 Å². The van der Waals surface area contributed by atoms with E-state index >= 15 is 0 Å². The Hall–Kier alpha value is -0.440. The molecule has 1 heterocycles. The predicted octanol–water partition coefficient (Wildman–Crippen LogP) is 3.16. The molecule has 0 aromatic carbocycles. The molecule has 1 aliphatic carbocycles. The Morgan fingerprint density at radius 3 is 2.65 bits per heavy atom. The molecule has 1 aliphatic rings. The standard InChI is InChI=1S/C12H16BrNO4S2/c1-2-3-6-14(8-4-5-8)20(17,18)10-7-9(12(15)16)19-11(10)13/h7-8H,2-6H2,1H3,(H,15,16). The smallest absolute Gasteiger partial charge is 0.345 e. The van der Waals surface area contributed by atoms with Crippen LogP contribution in [0.3, 0.4) is 0 Å². The van der Waals surface area contributed by atoms with Crippen molar-refractivity contribution in [3.8, 4) is 0 Å². The first kappa shape index (κ1) is 15.9. The molecule has 0 atom stereocenters. The number of aromatic carboxylic acids is 1. The lowest BCUT2D eigenvalue weighted by Crippen LogP contribution is -2.34. The molecule has 20 heavy (non-hydrogen) atoms. The molecule has 2 rings (SSSR count). The van der Waals surface area contributed by atoms with Crippen LogP contribution < -0.4 is 0 Å². The molecular formula is C12H16BrNO4S2. The van der Waals surface area contributed by atoms with Gasteiger partial charge in [-0.05, 0) is 41.3 Å². The Morgan fingerprint density at radius 2 is 2.20 bits per heavy atom. The van der Waals surface area contributed by atoms with Crippen molar-refractivity contribution >= 4 is 43.3 Å². The number of thiophene rings is 1. The van der Waals surface area contributed by atoms with Gasteiger partial charge in [0.15, 0.2) is 0 Å². The monoisotopic (exact) mass is 381 g/mol. The highest BCUT2D eigenvalue weighted by Gasteiger charge is 2.39. The van der Waals surface area contributed by atoms with Crippen molar-refractivity contribution in [2.75, 3.05) is 6.54 Å². The molecule has 1 aromatic heterocycles. The van der Waals surface area contributed by atoms with Gasteiger partial charge in [0.25, 0.3) is 0 Å². The van der Waals surface area contributed by atoms with Crippen LogP contribution in [0.4, 0.5) is 0 Å². The Balaban J connectivity index is 2.34. The van der Waals surface area contributed by atoms with E-state index in [4.69, 9.17) is 5.11 Å². The third-order valence-corrected chi connectivity index (χ3v) is 7.33. The lowest BCUT2D eigenvalue weighted by atomic mass is 10.3. The summed E-state index contributed by atoms with van der Waals surface area (Å²) in [7, 11) is -3.62. The second-order valence-electron chi connectivity index (χ2n) is 4.75. The summed E-state index contributed by atoms with van der Waals surface area (Å²) in [6, 6.07) is 1.32. The number of hydrogen-bond acceptors (Lipinski definition) is 4. The maximum atomic E-state index is 12.7. The van der Waals surface area contributed by atoms with Gasteiger partial charge in [0.05, 0.1) is 3.79 Å². The van der Waals surface area contributed by atoms with E-state index in [9.17, 15) is 13.2 Å². The Morgan fingerprint density at radius 1 is 1.55 bits per heavy atom. The molecule has 0 bridgehead atoms. The Kier molecular flexibility index (Phi) is 4.88. The molecule has 0 saturated heterocycles. The molecule has 0 aliphatic heterocycles. The van der Waals surface area contributed by atoms with Crippen molar-refractivity contribution in [1.82, 2.24) is 4.31 Å². The second kappa shape index (κ2) is 6.13. The summed E-state index contributed by atoms with van der Waals surface area (Å²) in [5.41, 5.74) is 0. The number of nitrogens with zero attached hydrogens (tertiary/aromatic N) is 1. The van der Waals surface area contributed by atoms with Gasteiger partial charge >= 0.3 is 5.97 Å². The van der Waals surface area contributed by atoms with Crippen LogP contribution in [0.25, 0.3) is 0 Å². The zero-order chi connectivity index (χ0) is 14.9. The van der Waals surface area contributed by atoms with Gasteiger partial charge in [0.2, 0.25) is 10.0 Å². The average Bonchev–Trinajstić information content (AvgIpc) is 3.10. The molecule has 0 radical (unpaired) electrons. The molecule has 5 nitrogen and oxygen atoms in total. The van der Waals surface area contributed by atoms with E-state index in [0.717, 1.165) is 37.0 Å². The number of rotatable bonds is 7. The average molecular weight is 382 g/mol. The van der Waals surface area contributed by atoms with E-state index in [-0.39, 0.29) is 15.8 Å². The molecule has 8 heteroatoms. The Bertz CT molecular complexity index is 607. The SMILES string of the molecule is CCCCN(C1CC1)S(=O)(=O)c1cc(C(=O)O)sc1Br. The number of unbranched alkanes of at least 4 members (excludes halogenated alkanes) is 1. The van der Waals surface area contributed by atoms with E-state index in [2.05, 4.69) is 15.9 Å². The third-order valence-electron chi connectivity index (χ3n) is 3.14. The normalized spacial score (nSPS) is 15.8. The largest absolute Gasteiger partial charge is 0.477 e. The first-order valence-electron chi connectivity index (χ1n) is 6.42. The van der Waals surface area contributed by atoms with Crippen LogP contribution in [0.15, 0.2) is 14.7 Å². The summed E-state index contributed by atoms with van der Waals surface area (Å²) in [6.45, 7) is 2.51. The zero-order valence-electron chi connectivity index (χ0n) is 11.0. The van der Waals surface area contributed by atoms with Crippen molar-refractivity contribution < 1.29 is 18.3 Å². The lowest BCUT2D eigenvalue weighted by Gasteiger charge is -2.21. The van der Waals surface area contributed by atoms with Crippen LogP contribution in [0.1, 0.15) is 42.3 Å². The van der Waals surface area contributed by atoms with E-state index < -0.39 is 16.0 Å². The summed E-state index contributed by atoms with van der Waals surface area (Å²) in [4.78, 5) is 11.1. The van der Waals surface area contributed by atoms with E-state index in [1.807, 2.05) is 6.92 Å². The van der Waals surface area contributed by atoms with E-state index in [0.29, 0.717) is 10.3 Å². The maximum Gasteiger partial charge on any atom is 0.345 e. The Labute approximate surface area is 130 Å². The van der Waals surface area contributed by atoms with Crippen LogP contribution in [0.5, 0.6) is 0 Å². The zero-order valence-corrected chi connectivity index (χ0v) is 14.2. The molecule has 1 fully saturated rings. The molecule has 0 spiro atoms. The highest BCUT2D eigenvalue weighted by atomic mass is 79.9. The molecule has 1 saturated carbocycles. The number of carboxylic acid groups (broad SMARTS) is 1. The van der Waals surface area contributed by atoms with Crippen molar-refractivity contribution in [3.63, 3.8) is 0 Å². The summed E-state index contributed by atoms with van der Waals surface area (Å²) in [5, 5.41) is 8.97. The van der Waals surface area contributed by atoms with Gasteiger partial charge in [-0.15, -0.1) is 11.3 Å². The van der Waals surface area contributed by atoms with Crippen molar-refractivity contribution in [1.29, 1.82) is 0 Å². The fourth-order valence-electron chi connectivity index (χ4n) is 1.94. The fourth-order valence-corrected chi connectivity index (χ4v) is 6.01. The molecule has 112 valence electrons. The van der Waals surface area contributed by atoms with Crippen molar-refractivity contribution in [3.05, 3.63) is 14.7 Å². The summed E-state index contributed by atoms with van der Waals surface area (Å²) < 4.78 is 27.3. The van der Waals surface area contributed by atoms with Gasteiger partial charge in [-0.25, -0.2) is 13.2 Å². The van der Waals surface area contributed by atoms with E-state index in [1.54, 1.807) is 0 Å². The van der Waals surface area contributed by atoms with Gasteiger partial charge in [-0.3, -0.25) is 0 Å².